The van der Waals surface area contributed by atoms with E-state index in [1.54, 1.807) is 11.3 Å². The Kier molecular flexibility index (Phi) is 4.96. The van der Waals surface area contributed by atoms with Crippen LogP contribution in [0.25, 0.3) is 10.2 Å². The van der Waals surface area contributed by atoms with Gasteiger partial charge in [-0.2, -0.15) is 0 Å². The van der Waals surface area contributed by atoms with Gasteiger partial charge >= 0.3 is 0 Å². The summed E-state index contributed by atoms with van der Waals surface area (Å²) in [4.78, 5) is 10.8. The van der Waals surface area contributed by atoms with E-state index in [1.165, 1.54) is 4.88 Å². The highest BCUT2D eigenvalue weighted by atomic mass is 35.5. The summed E-state index contributed by atoms with van der Waals surface area (Å²) in [6, 6.07) is 2.36. The number of anilines is 1. The number of aromatic nitrogens is 2. The van der Waals surface area contributed by atoms with Crippen LogP contribution in [0.2, 0.25) is 5.28 Å². The van der Waals surface area contributed by atoms with E-state index in [0.717, 1.165) is 35.3 Å². The van der Waals surface area contributed by atoms with Crippen molar-refractivity contribution in [3.63, 3.8) is 0 Å². The number of nitrogens with zero attached hydrogens (tertiary/aromatic N) is 2. The number of aliphatic hydroxyl groups is 1. The van der Waals surface area contributed by atoms with Crippen molar-refractivity contribution in [2.75, 3.05) is 11.9 Å². The first-order chi connectivity index (χ1) is 9.13. The summed E-state index contributed by atoms with van der Waals surface area (Å²) in [5.74, 6) is 0.788. The Bertz CT molecular complexity index is 558. The number of fused-ring (bicyclic) bond motifs is 1. The Morgan fingerprint density at radius 1 is 1.47 bits per heavy atom. The van der Waals surface area contributed by atoms with Crippen LogP contribution in [0, 0.1) is 0 Å². The highest BCUT2D eigenvalue weighted by Gasteiger charge is 2.12. The molecule has 1 atom stereocenters. The lowest BCUT2D eigenvalue weighted by Crippen LogP contribution is -2.16. The normalized spacial score (nSPS) is 12.8. The monoisotopic (exact) mass is 299 g/mol. The average Bonchev–Trinajstić information content (AvgIpc) is 2.79. The average molecular weight is 300 g/mol. The summed E-state index contributed by atoms with van der Waals surface area (Å²) >= 11 is 7.62. The quantitative estimate of drug-likeness (QED) is 0.802. The van der Waals surface area contributed by atoms with Gasteiger partial charge in [-0.3, -0.25) is 0 Å². The number of hydrogen-bond donors (Lipinski definition) is 2. The molecule has 2 N–H and O–H groups in total. The number of halogens is 1. The maximum absolute atomic E-state index is 8.86. The van der Waals surface area contributed by atoms with Crippen LogP contribution in [0.4, 0.5) is 5.82 Å². The molecule has 0 fully saturated rings. The van der Waals surface area contributed by atoms with E-state index in [-0.39, 0.29) is 17.9 Å². The van der Waals surface area contributed by atoms with Crippen LogP contribution in [0.3, 0.4) is 0 Å². The third-order valence-corrected chi connectivity index (χ3v) is 4.29. The van der Waals surface area contributed by atoms with Gasteiger partial charge in [0.25, 0.3) is 0 Å². The van der Waals surface area contributed by atoms with Crippen LogP contribution in [-0.2, 0) is 6.42 Å². The van der Waals surface area contributed by atoms with E-state index in [2.05, 4.69) is 35.2 Å². The van der Waals surface area contributed by atoms with Crippen LogP contribution in [-0.4, -0.2) is 27.7 Å². The fraction of sp³-hybridized carbons (Fsp3) is 0.538. The molecule has 0 aliphatic carbocycles. The zero-order chi connectivity index (χ0) is 13.8. The Hall–Kier alpha value is -0.910. The van der Waals surface area contributed by atoms with Gasteiger partial charge in [0.15, 0.2) is 0 Å². The molecular formula is C13H18ClN3OS. The molecule has 0 saturated heterocycles. The van der Waals surface area contributed by atoms with E-state index in [4.69, 9.17) is 16.7 Å². The lowest BCUT2D eigenvalue weighted by atomic mass is 10.2. The fourth-order valence-electron chi connectivity index (χ4n) is 1.93. The van der Waals surface area contributed by atoms with Gasteiger partial charge in [-0.15, -0.1) is 11.3 Å². The standard InChI is InChI=1S/C13H18ClN3OS/c1-3-9-7-10-11(15-8(2)5-4-6-18)16-13(14)17-12(10)19-9/h7-8,18H,3-6H2,1-2H3,(H,15,16,17). The summed E-state index contributed by atoms with van der Waals surface area (Å²) in [7, 11) is 0. The number of aryl methyl sites for hydroxylation is 1. The second-order valence-electron chi connectivity index (χ2n) is 4.54. The van der Waals surface area contributed by atoms with E-state index >= 15 is 0 Å². The van der Waals surface area contributed by atoms with Crippen LogP contribution < -0.4 is 5.32 Å². The number of hydrogen-bond acceptors (Lipinski definition) is 5. The molecule has 0 saturated carbocycles. The summed E-state index contributed by atoms with van der Waals surface area (Å²) in [6.07, 6.45) is 2.66. The molecule has 0 aromatic carbocycles. The van der Waals surface area contributed by atoms with Crippen LogP contribution >= 0.6 is 22.9 Å². The van der Waals surface area contributed by atoms with Gasteiger partial charge < -0.3 is 10.4 Å². The molecular weight excluding hydrogens is 282 g/mol. The minimum absolute atomic E-state index is 0.213. The van der Waals surface area contributed by atoms with Crippen molar-refractivity contribution in [3.8, 4) is 0 Å². The van der Waals surface area contributed by atoms with Crippen molar-refractivity contribution < 1.29 is 5.11 Å². The largest absolute Gasteiger partial charge is 0.396 e. The maximum atomic E-state index is 8.86. The van der Waals surface area contributed by atoms with Gasteiger partial charge in [0.2, 0.25) is 5.28 Å². The van der Waals surface area contributed by atoms with E-state index < -0.39 is 0 Å². The summed E-state index contributed by atoms with van der Waals surface area (Å²) in [5.41, 5.74) is 0. The predicted molar refractivity (Wildman–Crippen MR) is 81.2 cm³/mol. The minimum Gasteiger partial charge on any atom is -0.396 e. The van der Waals surface area contributed by atoms with Crippen molar-refractivity contribution in [1.29, 1.82) is 0 Å². The number of rotatable bonds is 6. The van der Waals surface area contributed by atoms with Gasteiger partial charge in [0.1, 0.15) is 10.6 Å². The number of nitrogens with one attached hydrogen (secondary N) is 1. The first-order valence-corrected chi connectivity index (χ1v) is 7.66. The Morgan fingerprint density at radius 2 is 2.26 bits per heavy atom. The van der Waals surface area contributed by atoms with Gasteiger partial charge in [-0.25, -0.2) is 9.97 Å². The molecule has 0 radical (unpaired) electrons. The van der Waals surface area contributed by atoms with Crippen molar-refractivity contribution in [2.24, 2.45) is 0 Å². The lowest BCUT2D eigenvalue weighted by Gasteiger charge is -2.14. The number of thiophene rings is 1. The first-order valence-electron chi connectivity index (χ1n) is 6.47. The topological polar surface area (TPSA) is 58.0 Å². The predicted octanol–water partition coefficient (Wildman–Crippen LogP) is 3.48. The van der Waals surface area contributed by atoms with Crippen molar-refractivity contribution in [1.82, 2.24) is 9.97 Å². The molecule has 0 amide bonds. The van der Waals surface area contributed by atoms with Crippen molar-refractivity contribution in [2.45, 2.75) is 39.2 Å². The molecule has 6 heteroatoms. The van der Waals surface area contributed by atoms with Crippen molar-refractivity contribution >= 4 is 39.0 Å². The molecule has 0 aliphatic rings. The van der Waals surface area contributed by atoms with Crippen LogP contribution in [0.15, 0.2) is 6.07 Å². The molecule has 2 rings (SSSR count). The molecule has 104 valence electrons. The molecule has 2 aromatic heterocycles. The molecule has 0 spiro atoms. The maximum Gasteiger partial charge on any atom is 0.225 e. The van der Waals surface area contributed by atoms with Gasteiger partial charge in [0.05, 0.1) is 5.39 Å². The zero-order valence-electron chi connectivity index (χ0n) is 11.1. The number of aliphatic hydroxyl groups excluding tert-OH is 1. The molecule has 19 heavy (non-hydrogen) atoms. The van der Waals surface area contributed by atoms with Crippen LogP contribution in [0.5, 0.6) is 0 Å². The summed E-state index contributed by atoms with van der Waals surface area (Å²) < 4.78 is 0. The van der Waals surface area contributed by atoms with Gasteiger partial charge in [0, 0.05) is 17.5 Å². The smallest absolute Gasteiger partial charge is 0.225 e. The lowest BCUT2D eigenvalue weighted by molar-refractivity contribution is 0.282. The summed E-state index contributed by atoms with van der Waals surface area (Å²) in [5, 5.41) is 13.5. The van der Waals surface area contributed by atoms with E-state index in [1.807, 2.05) is 0 Å². The highest BCUT2D eigenvalue weighted by Crippen LogP contribution is 2.30. The Balaban J connectivity index is 2.28. The van der Waals surface area contributed by atoms with Crippen LogP contribution in [0.1, 0.15) is 31.6 Å². The first kappa shape index (κ1) is 14.5. The summed E-state index contributed by atoms with van der Waals surface area (Å²) in [6.45, 7) is 4.41. The SMILES string of the molecule is CCc1cc2c(NC(C)CCCO)nc(Cl)nc2s1. The van der Waals surface area contributed by atoms with Crippen molar-refractivity contribution in [3.05, 3.63) is 16.2 Å². The fourth-order valence-corrected chi connectivity index (χ4v) is 3.12. The second kappa shape index (κ2) is 6.50. The third-order valence-electron chi connectivity index (χ3n) is 2.94. The molecule has 2 heterocycles. The molecule has 0 bridgehead atoms. The molecule has 0 aliphatic heterocycles. The van der Waals surface area contributed by atoms with E-state index in [0.29, 0.717) is 0 Å². The Morgan fingerprint density at radius 3 is 2.95 bits per heavy atom. The minimum atomic E-state index is 0.213. The zero-order valence-corrected chi connectivity index (χ0v) is 12.7. The van der Waals surface area contributed by atoms with Gasteiger partial charge in [-0.05, 0) is 43.9 Å². The van der Waals surface area contributed by atoms with E-state index in [9.17, 15) is 0 Å². The Labute approximate surface area is 121 Å². The van der Waals surface area contributed by atoms with Gasteiger partial charge in [-0.1, -0.05) is 6.92 Å². The highest BCUT2D eigenvalue weighted by molar-refractivity contribution is 7.18. The molecule has 2 aromatic rings. The second-order valence-corrected chi connectivity index (χ2v) is 5.99. The molecule has 1 unspecified atom stereocenters. The molecule has 4 nitrogen and oxygen atoms in total. The third kappa shape index (κ3) is 3.55.